The van der Waals surface area contributed by atoms with E-state index in [0.717, 1.165) is 11.4 Å². The van der Waals surface area contributed by atoms with Crippen LogP contribution < -0.4 is 31.1 Å². The van der Waals surface area contributed by atoms with Gasteiger partial charge in [-0.25, -0.2) is 0 Å². The first kappa shape index (κ1) is 45.7. The molecule has 0 bridgehead atoms. The summed E-state index contributed by atoms with van der Waals surface area (Å²) in [6.45, 7) is 32.5. The Kier molecular flexibility index (Phi) is 10.4. The third-order valence-electron chi connectivity index (χ3n) is 15.7. The van der Waals surface area contributed by atoms with Crippen LogP contribution in [0.4, 0.5) is 51.2 Å². The van der Waals surface area contributed by atoms with Crippen molar-refractivity contribution in [3.63, 3.8) is 0 Å². The second-order valence-corrected chi connectivity index (χ2v) is 24.2. The van der Waals surface area contributed by atoms with Gasteiger partial charge in [-0.2, -0.15) is 0 Å². The molecule has 4 heteroatoms. The minimum atomic E-state index is -0.158. The predicted molar refractivity (Wildman–Crippen MR) is 303 cm³/mol. The summed E-state index contributed by atoms with van der Waals surface area (Å²) in [6, 6.07) is 61.0. The van der Waals surface area contributed by atoms with Crippen molar-refractivity contribution < 1.29 is 0 Å². The van der Waals surface area contributed by atoms with Crippen molar-refractivity contribution in [3.05, 3.63) is 202 Å². The normalized spacial score (nSPS) is 14.5. The molecule has 0 spiro atoms. The van der Waals surface area contributed by atoms with Gasteiger partial charge in [-0.15, -0.1) is 0 Å². The Labute approximate surface area is 418 Å². The number of hydrogen-bond donors (Lipinski definition) is 0. The molecule has 0 saturated carbocycles. The minimum Gasteiger partial charge on any atom is -0.311 e. The molecule has 3 nitrogen and oxygen atoms in total. The van der Waals surface area contributed by atoms with E-state index >= 15 is 0 Å². The van der Waals surface area contributed by atoms with E-state index in [9.17, 15) is 0 Å². The maximum absolute atomic E-state index is 2.61. The molecule has 0 N–H and O–H groups in total. The Morgan fingerprint density at radius 1 is 0.429 bits per heavy atom. The number of benzene rings is 8. The highest BCUT2D eigenvalue weighted by Crippen LogP contribution is 2.53. The number of nitrogens with zero attached hydrogens (tertiary/aromatic N) is 3. The van der Waals surface area contributed by atoms with Crippen LogP contribution in [-0.2, 0) is 21.7 Å². The predicted octanol–water partition coefficient (Wildman–Crippen LogP) is 16.4. The van der Waals surface area contributed by atoms with Crippen molar-refractivity contribution in [1.82, 2.24) is 0 Å². The second-order valence-electron chi connectivity index (χ2n) is 24.2. The van der Waals surface area contributed by atoms with Gasteiger partial charge in [0.15, 0.2) is 0 Å². The van der Waals surface area contributed by atoms with E-state index in [1.54, 1.807) is 0 Å². The summed E-state index contributed by atoms with van der Waals surface area (Å²) in [5.74, 6) is 0. The molecule has 350 valence electrons. The van der Waals surface area contributed by atoms with E-state index in [-0.39, 0.29) is 28.4 Å². The van der Waals surface area contributed by atoms with Crippen LogP contribution in [-0.4, -0.2) is 6.71 Å². The van der Waals surface area contributed by atoms with Crippen LogP contribution in [0, 0.1) is 20.8 Å². The first-order valence-corrected chi connectivity index (χ1v) is 25.5. The molecule has 0 radical (unpaired) electrons. The van der Waals surface area contributed by atoms with Crippen molar-refractivity contribution in [3.8, 4) is 11.1 Å². The van der Waals surface area contributed by atoms with E-state index in [2.05, 4.69) is 269 Å². The SMILES string of the molecule is Cc1cc2c3c(c1)N(c1ccc(C(C)(C)C)cc1)c1cc(C(C)(C)C)ccc1B3c1ccc(N(c3ccccc3)c3c(C)cc(C(C)(C)C)cc3C)cc1N2c1ccc2c(c1)C(C)(C)c1ccccc1-2. The maximum Gasteiger partial charge on any atom is 0.252 e. The summed E-state index contributed by atoms with van der Waals surface area (Å²) in [5, 5.41) is 0. The molecule has 0 aromatic heterocycles. The van der Waals surface area contributed by atoms with E-state index < -0.39 is 0 Å². The monoisotopic (exact) mass is 914 g/mol. The van der Waals surface area contributed by atoms with Gasteiger partial charge in [0.1, 0.15) is 0 Å². The summed E-state index contributed by atoms with van der Waals surface area (Å²) in [4.78, 5) is 7.69. The number of fused-ring (bicyclic) bond motifs is 7. The highest BCUT2D eigenvalue weighted by molar-refractivity contribution is 7.00. The molecule has 8 aromatic carbocycles. The lowest BCUT2D eigenvalue weighted by atomic mass is 9.33. The van der Waals surface area contributed by atoms with Crippen molar-refractivity contribution >= 4 is 74.3 Å². The molecule has 11 rings (SSSR count). The molecule has 3 aliphatic rings. The molecule has 1 aliphatic carbocycles. The van der Waals surface area contributed by atoms with Crippen LogP contribution in [0.2, 0.25) is 0 Å². The lowest BCUT2D eigenvalue weighted by Crippen LogP contribution is -2.61. The second kappa shape index (κ2) is 15.9. The Morgan fingerprint density at radius 2 is 0.957 bits per heavy atom. The first-order valence-electron chi connectivity index (χ1n) is 25.5. The van der Waals surface area contributed by atoms with Gasteiger partial charge in [-0.05, 0) is 176 Å². The zero-order chi connectivity index (χ0) is 49.4. The average molecular weight is 914 g/mol. The smallest absolute Gasteiger partial charge is 0.252 e. The molecule has 0 unspecified atom stereocenters. The van der Waals surface area contributed by atoms with Crippen LogP contribution in [0.5, 0.6) is 0 Å². The standard InChI is InChI=1S/C66H68BN3/c1-41-34-59-61-60(35-41)70(49-29-31-52-51-22-18-19-23-53(51)66(13,14)54(52)39-49)58-40-50(68(47-20-16-15-17-21-47)62-42(2)36-46(37-43(62)3)65(10,11)12)30-33-56(58)67(61)55-32-26-45(64(7,8)9)38-57(55)69(59)48-27-24-44(25-28-48)63(4,5)6/h15-40H,1-14H3. The van der Waals surface area contributed by atoms with Gasteiger partial charge in [0.05, 0.1) is 5.69 Å². The summed E-state index contributed by atoms with van der Waals surface area (Å²) >= 11 is 0. The maximum atomic E-state index is 2.61. The lowest BCUT2D eigenvalue weighted by molar-refractivity contribution is 0.589. The highest BCUT2D eigenvalue weighted by Gasteiger charge is 2.45. The van der Waals surface area contributed by atoms with Crippen LogP contribution in [0.15, 0.2) is 158 Å². The topological polar surface area (TPSA) is 9.72 Å². The molecule has 2 aliphatic heterocycles. The molecule has 8 aromatic rings. The van der Waals surface area contributed by atoms with Crippen molar-refractivity contribution in [2.45, 2.75) is 119 Å². The van der Waals surface area contributed by atoms with Crippen LogP contribution in [0.1, 0.15) is 121 Å². The Morgan fingerprint density at radius 3 is 1.59 bits per heavy atom. The number of aryl methyl sites for hydroxylation is 3. The van der Waals surface area contributed by atoms with Gasteiger partial charge in [0.2, 0.25) is 0 Å². The van der Waals surface area contributed by atoms with Crippen molar-refractivity contribution in [2.24, 2.45) is 0 Å². The van der Waals surface area contributed by atoms with Crippen LogP contribution in [0.3, 0.4) is 0 Å². The van der Waals surface area contributed by atoms with E-state index in [4.69, 9.17) is 0 Å². The average Bonchev–Trinajstić information content (AvgIpc) is 3.54. The molecule has 2 heterocycles. The summed E-state index contributed by atoms with van der Waals surface area (Å²) in [5.41, 5.74) is 27.8. The van der Waals surface area contributed by atoms with E-state index in [1.165, 1.54) is 112 Å². The van der Waals surface area contributed by atoms with Gasteiger partial charge in [-0.3, -0.25) is 0 Å². The molecule has 0 amide bonds. The Balaban J connectivity index is 1.21. The number of anilines is 9. The van der Waals surface area contributed by atoms with Gasteiger partial charge >= 0.3 is 0 Å². The molecule has 70 heavy (non-hydrogen) atoms. The quantitative estimate of drug-likeness (QED) is 0.159. The first-order chi connectivity index (χ1) is 33.1. The largest absolute Gasteiger partial charge is 0.311 e. The molecule has 0 fully saturated rings. The fourth-order valence-corrected chi connectivity index (χ4v) is 11.9. The fourth-order valence-electron chi connectivity index (χ4n) is 11.9. The van der Waals surface area contributed by atoms with Gasteiger partial charge < -0.3 is 14.7 Å². The molecule has 0 atom stereocenters. The summed E-state index contributed by atoms with van der Waals surface area (Å²) in [7, 11) is 0. The van der Waals surface area contributed by atoms with Crippen LogP contribution >= 0.6 is 0 Å². The van der Waals surface area contributed by atoms with Crippen molar-refractivity contribution in [1.29, 1.82) is 0 Å². The summed E-state index contributed by atoms with van der Waals surface area (Å²) in [6.07, 6.45) is 0. The number of rotatable bonds is 5. The van der Waals surface area contributed by atoms with Gasteiger partial charge in [-0.1, -0.05) is 167 Å². The molecular weight excluding hydrogens is 846 g/mol. The Hall–Kier alpha value is -6.78. The zero-order valence-electron chi connectivity index (χ0n) is 43.9. The molecule has 0 saturated heterocycles. The van der Waals surface area contributed by atoms with E-state index in [1.807, 2.05) is 0 Å². The van der Waals surface area contributed by atoms with Gasteiger partial charge in [0, 0.05) is 50.9 Å². The number of para-hydroxylation sites is 1. The number of hydrogen-bond acceptors (Lipinski definition) is 3. The van der Waals surface area contributed by atoms with Crippen LogP contribution in [0.25, 0.3) is 11.1 Å². The van der Waals surface area contributed by atoms with Crippen molar-refractivity contribution in [2.75, 3.05) is 14.7 Å². The highest BCUT2D eigenvalue weighted by atomic mass is 15.2. The summed E-state index contributed by atoms with van der Waals surface area (Å²) < 4.78 is 0. The third kappa shape index (κ3) is 7.23. The lowest BCUT2D eigenvalue weighted by Gasteiger charge is -2.45. The third-order valence-corrected chi connectivity index (χ3v) is 15.7. The van der Waals surface area contributed by atoms with Gasteiger partial charge in [0.25, 0.3) is 6.71 Å². The fraction of sp³-hybridized carbons (Fsp3) is 0.273. The molecular formula is C66H68BN3. The minimum absolute atomic E-state index is 0.00476. The zero-order valence-corrected chi connectivity index (χ0v) is 43.9. The van der Waals surface area contributed by atoms with E-state index in [0.29, 0.717) is 0 Å². The Bertz CT molecular complexity index is 3370.